The molecule has 0 aromatic heterocycles. The summed E-state index contributed by atoms with van der Waals surface area (Å²) in [6.07, 6.45) is 3.62. The summed E-state index contributed by atoms with van der Waals surface area (Å²) in [5, 5.41) is 10.0. The normalized spacial score (nSPS) is 18.5. The molecule has 16 heavy (non-hydrogen) atoms. The lowest BCUT2D eigenvalue weighted by atomic mass is 9.79. The number of hydrogen-bond acceptors (Lipinski definition) is 2. The van der Waals surface area contributed by atoms with E-state index in [1.54, 1.807) is 0 Å². The van der Waals surface area contributed by atoms with Crippen molar-refractivity contribution < 1.29 is 5.11 Å². The molecule has 0 aliphatic heterocycles. The second kappa shape index (κ2) is 4.98. The van der Waals surface area contributed by atoms with Gasteiger partial charge in [0.15, 0.2) is 0 Å². The molecule has 1 N–H and O–H groups in total. The van der Waals surface area contributed by atoms with Gasteiger partial charge in [0.25, 0.3) is 0 Å². The molecule has 1 aromatic rings. The van der Waals surface area contributed by atoms with Crippen molar-refractivity contribution in [1.82, 2.24) is 4.90 Å². The molecule has 2 rings (SSSR count). The van der Waals surface area contributed by atoms with E-state index in [2.05, 4.69) is 18.2 Å². The maximum Gasteiger partial charge on any atom is 0.0916 e. The molecule has 88 valence electrons. The van der Waals surface area contributed by atoms with Crippen molar-refractivity contribution in [2.24, 2.45) is 0 Å². The van der Waals surface area contributed by atoms with Crippen LogP contribution in [0.15, 0.2) is 24.3 Å². The van der Waals surface area contributed by atoms with E-state index in [9.17, 15) is 5.11 Å². The average Bonchev–Trinajstić information content (AvgIpc) is 2.14. The summed E-state index contributed by atoms with van der Waals surface area (Å²) in [6.45, 7) is 0.689. The highest BCUT2D eigenvalue weighted by Gasteiger charge is 2.20. The second-order valence-corrected chi connectivity index (χ2v) is 5.08. The van der Waals surface area contributed by atoms with Crippen molar-refractivity contribution in [1.29, 1.82) is 0 Å². The van der Waals surface area contributed by atoms with Gasteiger partial charge in [0.1, 0.15) is 0 Å². The van der Waals surface area contributed by atoms with Gasteiger partial charge in [0.05, 0.1) is 6.10 Å². The smallest absolute Gasteiger partial charge is 0.0916 e. The molecule has 0 amide bonds. The lowest BCUT2D eigenvalue weighted by Crippen LogP contribution is -2.20. The molecule has 1 unspecified atom stereocenters. The van der Waals surface area contributed by atoms with E-state index >= 15 is 0 Å². The third-order valence-electron chi connectivity index (χ3n) is 3.41. The minimum Gasteiger partial charge on any atom is -0.387 e. The Morgan fingerprint density at radius 3 is 2.69 bits per heavy atom. The van der Waals surface area contributed by atoms with Crippen molar-refractivity contribution in [3.63, 3.8) is 0 Å². The first-order valence-corrected chi connectivity index (χ1v) is 6.09. The van der Waals surface area contributed by atoms with Crippen LogP contribution >= 0.6 is 0 Å². The summed E-state index contributed by atoms with van der Waals surface area (Å²) >= 11 is 0. The Labute approximate surface area is 97.9 Å². The quantitative estimate of drug-likeness (QED) is 0.841. The molecular weight excluding hydrogens is 198 g/mol. The van der Waals surface area contributed by atoms with Crippen LogP contribution in [0.25, 0.3) is 0 Å². The van der Waals surface area contributed by atoms with Crippen molar-refractivity contribution in [2.45, 2.75) is 31.3 Å². The predicted molar refractivity (Wildman–Crippen MR) is 66.5 cm³/mol. The maximum absolute atomic E-state index is 10.0. The van der Waals surface area contributed by atoms with Gasteiger partial charge in [0.2, 0.25) is 0 Å². The monoisotopic (exact) mass is 219 g/mol. The van der Waals surface area contributed by atoms with Crippen LogP contribution in [0, 0.1) is 0 Å². The summed E-state index contributed by atoms with van der Waals surface area (Å²) in [6, 6.07) is 8.46. The minimum atomic E-state index is -0.366. The Morgan fingerprint density at radius 2 is 2.12 bits per heavy atom. The first-order valence-electron chi connectivity index (χ1n) is 6.09. The van der Waals surface area contributed by atoms with Crippen LogP contribution in [0.3, 0.4) is 0 Å². The molecule has 0 radical (unpaired) electrons. The maximum atomic E-state index is 10.0. The standard InChI is InChI=1S/C14H21NO/c1-15(2)10-14(16)13-8-4-7-12(9-13)11-5-3-6-11/h4,7-9,11,14,16H,3,5-6,10H2,1-2H3. The first-order chi connectivity index (χ1) is 7.66. The van der Waals surface area contributed by atoms with E-state index in [-0.39, 0.29) is 6.10 Å². The first kappa shape index (κ1) is 11.6. The molecule has 1 saturated carbocycles. The molecule has 0 spiro atoms. The molecule has 0 heterocycles. The van der Waals surface area contributed by atoms with Gasteiger partial charge >= 0.3 is 0 Å². The zero-order valence-electron chi connectivity index (χ0n) is 10.2. The molecular formula is C14H21NO. The van der Waals surface area contributed by atoms with E-state index in [1.165, 1.54) is 24.8 Å². The fourth-order valence-corrected chi connectivity index (χ4v) is 2.21. The predicted octanol–water partition coefficient (Wildman–Crippen LogP) is 2.55. The van der Waals surface area contributed by atoms with Gasteiger partial charge < -0.3 is 10.0 Å². The van der Waals surface area contributed by atoms with Crippen LogP contribution < -0.4 is 0 Å². The van der Waals surface area contributed by atoms with Crippen LogP contribution in [0.2, 0.25) is 0 Å². The fraction of sp³-hybridized carbons (Fsp3) is 0.571. The zero-order chi connectivity index (χ0) is 11.5. The van der Waals surface area contributed by atoms with E-state index in [0.29, 0.717) is 6.54 Å². The molecule has 2 heteroatoms. The lowest BCUT2D eigenvalue weighted by molar-refractivity contribution is 0.138. The van der Waals surface area contributed by atoms with Crippen LogP contribution in [0.1, 0.15) is 42.4 Å². The van der Waals surface area contributed by atoms with E-state index in [1.807, 2.05) is 25.1 Å². The number of aliphatic hydroxyl groups is 1. The number of hydrogen-bond donors (Lipinski definition) is 1. The van der Waals surface area contributed by atoms with Crippen molar-refractivity contribution >= 4 is 0 Å². The number of likely N-dealkylation sites (N-methyl/N-ethyl adjacent to an activating group) is 1. The van der Waals surface area contributed by atoms with Crippen molar-refractivity contribution in [3.05, 3.63) is 35.4 Å². The second-order valence-electron chi connectivity index (χ2n) is 5.08. The van der Waals surface area contributed by atoms with Gasteiger partial charge in [-0.2, -0.15) is 0 Å². The van der Waals surface area contributed by atoms with Crippen molar-refractivity contribution in [3.8, 4) is 0 Å². The minimum absolute atomic E-state index is 0.366. The van der Waals surface area contributed by atoms with E-state index < -0.39 is 0 Å². The summed E-state index contributed by atoms with van der Waals surface area (Å²) in [5.41, 5.74) is 2.46. The Kier molecular flexibility index (Phi) is 3.62. The molecule has 0 saturated heterocycles. The van der Waals surface area contributed by atoms with Gasteiger partial charge in [-0.25, -0.2) is 0 Å². The molecule has 1 aromatic carbocycles. The van der Waals surface area contributed by atoms with Gasteiger partial charge in [-0.3, -0.25) is 0 Å². The van der Waals surface area contributed by atoms with Crippen LogP contribution in [0.4, 0.5) is 0 Å². The summed E-state index contributed by atoms with van der Waals surface area (Å²) < 4.78 is 0. The topological polar surface area (TPSA) is 23.5 Å². The number of aliphatic hydroxyl groups excluding tert-OH is 1. The van der Waals surface area contributed by atoms with E-state index in [4.69, 9.17) is 0 Å². The highest BCUT2D eigenvalue weighted by Crippen LogP contribution is 2.36. The summed E-state index contributed by atoms with van der Waals surface area (Å²) in [7, 11) is 3.97. The number of nitrogens with zero attached hydrogens (tertiary/aromatic N) is 1. The number of benzene rings is 1. The van der Waals surface area contributed by atoms with Gasteiger partial charge in [0, 0.05) is 6.54 Å². The summed E-state index contributed by atoms with van der Waals surface area (Å²) in [5.74, 6) is 0.742. The van der Waals surface area contributed by atoms with Gasteiger partial charge in [-0.15, -0.1) is 0 Å². The Morgan fingerprint density at radius 1 is 1.38 bits per heavy atom. The Bertz CT molecular complexity index is 344. The number of rotatable bonds is 4. The summed E-state index contributed by atoms with van der Waals surface area (Å²) in [4.78, 5) is 2.01. The van der Waals surface area contributed by atoms with Crippen LogP contribution in [-0.2, 0) is 0 Å². The molecule has 1 aliphatic carbocycles. The van der Waals surface area contributed by atoms with Crippen LogP contribution in [-0.4, -0.2) is 30.6 Å². The molecule has 0 bridgehead atoms. The lowest BCUT2D eigenvalue weighted by Gasteiger charge is -2.26. The molecule has 1 atom stereocenters. The highest BCUT2D eigenvalue weighted by atomic mass is 16.3. The van der Waals surface area contributed by atoms with Gasteiger partial charge in [-0.1, -0.05) is 30.7 Å². The third kappa shape index (κ3) is 2.63. The van der Waals surface area contributed by atoms with E-state index in [0.717, 1.165) is 11.5 Å². The third-order valence-corrected chi connectivity index (χ3v) is 3.41. The van der Waals surface area contributed by atoms with Crippen LogP contribution in [0.5, 0.6) is 0 Å². The zero-order valence-corrected chi connectivity index (χ0v) is 10.2. The molecule has 2 nitrogen and oxygen atoms in total. The average molecular weight is 219 g/mol. The molecule has 1 fully saturated rings. The Hall–Kier alpha value is -0.860. The van der Waals surface area contributed by atoms with Gasteiger partial charge in [-0.05, 0) is 44.0 Å². The fourth-order valence-electron chi connectivity index (χ4n) is 2.21. The SMILES string of the molecule is CN(C)CC(O)c1cccc(C2CCC2)c1. The largest absolute Gasteiger partial charge is 0.387 e. The highest BCUT2D eigenvalue weighted by molar-refractivity contribution is 5.29. The molecule has 1 aliphatic rings. The Balaban J connectivity index is 2.08. The van der Waals surface area contributed by atoms with Crippen molar-refractivity contribution in [2.75, 3.05) is 20.6 Å².